The molecule has 0 fully saturated rings. The van der Waals surface area contributed by atoms with Crippen LogP contribution < -0.4 is 5.73 Å². The molecule has 0 radical (unpaired) electrons. The van der Waals surface area contributed by atoms with E-state index in [-0.39, 0.29) is 0 Å². The molecule has 0 rings (SSSR count). The van der Waals surface area contributed by atoms with Crippen LogP contribution in [0.3, 0.4) is 0 Å². The summed E-state index contributed by atoms with van der Waals surface area (Å²) in [6.45, 7) is 6.50. The van der Waals surface area contributed by atoms with Gasteiger partial charge in [0, 0.05) is 6.04 Å². The fourth-order valence-electron chi connectivity index (χ4n) is 0.801. The summed E-state index contributed by atoms with van der Waals surface area (Å²) >= 11 is 0. The second-order valence-electron chi connectivity index (χ2n) is 2.73. The topological polar surface area (TPSA) is 26.0 Å². The first-order valence-corrected chi connectivity index (χ1v) is 3.42. The van der Waals surface area contributed by atoms with Crippen molar-refractivity contribution in [1.29, 1.82) is 0 Å². The molecule has 50 valence electrons. The zero-order chi connectivity index (χ0) is 6.57. The van der Waals surface area contributed by atoms with E-state index in [1.54, 1.807) is 0 Å². The minimum atomic E-state index is 0.380. The molecule has 1 nitrogen and oxygen atoms in total. The van der Waals surface area contributed by atoms with Crippen LogP contribution in [0.15, 0.2) is 0 Å². The van der Waals surface area contributed by atoms with Crippen molar-refractivity contribution in [3.05, 3.63) is 0 Å². The van der Waals surface area contributed by atoms with Gasteiger partial charge >= 0.3 is 0 Å². The van der Waals surface area contributed by atoms with Gasteiger partial charge < -0.3 is 5.73 Å². The molecular formula is C7H17N. The Morgan fingerprint density at radius 1 is 1.38 bits per heavy atom. The van der Waals surface area contributed by atoms with Crippen molar-refractivity contribution in [3.8, 4) is 0 Å². The predicted octanol–water partition coefficient (Wildman–Crippen LogP) is 1.77. The third-order valence-electron chi connectivity index (χ3n) is 1.47. The largest absolute Gasteiger partial charge is 0.328 e. The Morgan fingerprint density at radius 3 is 2.00 bits per heavy atom. The number of hydrogen-bond acceptors (Lipinski definition) is 1. The lowest BCUT2D eigenvalue weighted by Crippen LogP contribution is -2.17. The van der Waals surface area contributed by atoms with Crippen molar-refractivity contribution >= 4 is 0 Å². The van der Waals surface area contributed by atoms with Crippen LogP contribution in [-0.2, 0) is 0 Å². The summed E-state index contributed by atoms with van der Waals surface area (Å²) in [6, 6.07) is 0.380. The lowest BCUT2D eigenvalue weighted by Gasteiger charge is -2.09. The van der Waals surface area contributed by atoms with Gasteiger partial charge in [-0.15, -0.1) is 0 Å². The third kappa shape index (κ3) is 4.13. The summed E-state index contributed by atoms with van der Waals surface area (Å²) in [6.07, 6.45) is 2.41. The highest BCUT2D eigenvalue weighted by atomic mass is 14.6. The molecule has 0 bridgehead atoms. The normalized spacial score (nSPS) is 18.0. The highest BCUT2D eigenvalue weighted by Crippen LogP contribution is 2.07. The monoisotopic (exact) mass is 115 g/mol. The van der Waals surface area contributed by atoms with E-state index in [1.807, 2.05) is 0 Å². The average Bonchev–Trinajstić information content (AvgIpc) is 1.65. The van der Waals surface area contributed by atoms with E-state index in [9.17, 15) is 0 Å². The summed E-state index contributed by atoms with van der Waals surface area (Å²) in [5.41, 5.74) is 5.57. The molecule has 0 aliphatic rings. The molecule has 0 spiro atoms. The molecule has 2 N–H and O–H groups in total. The number of nitrogens with two attached hydrogens (primary N) is 1. The number of rotatable bonds is 3. The van der Waals surface area contributed by atoms with Gasteiger partial charge in [0.1, 0.15) is 0 Å². The third-order valence-corrected chi connectivity index (χ3v) is 1.47. The van der Waals surface area contributed by atoms with E-state index in [1.165, 1.54) is 6.42 Å². The van der Waals surface area contributed by atoms with Crippen LogP contribution in [0.2, 0.25) is 0 Å². The van der Waals surface area contributed by atoms with Gasteiger partial charge in [-0.3, -0.25) is 0 Å². The SMILES string of the molecule is CC[C@@H](C)C[C@@H](C)N. The van der Waals surface area contributed by atoms with Crippen LogP contribution in [0.25, 0.3) is 0 Å². The number of hydrogen-bond donors (Lipinski definition) is 1. The Labute approximate surface area is 52.3 Å². The van der Waals surface area contributed by atoms with Gasteiger partial charge in [-0.2, -0.15) is 0 Å². The van der Waals surface area contributed by atoms with E-state index >= 15 is 0 Å². The highest BCUT2D eigenvalue weighted by Gasteiger charge is 2.00. The maximum absolute atomic E-state index is 5.57. The standard InChI is InChI=1S/C7H17N/c1-4-6(2)5-7(3)8/h6-7H,4-5,8H2,1-3H3/t6-,7-/m1/s1. The lowest BCUT2D eigenvalue weighted by molar-refractivity contribution is 0.469. The molecule has 1 heteroatoms. The van der Waals surface area contributed by atoms with Crippen LogP contribution in [0.5, 0.6) is 0 Å². The smallest absolute Gasteiger partial charge is 0.00130 e. The van der Waals surface area contributed by atoms with Gasteiger partial charge in [0.25, 0.3) is 0 Å². The Kier molecular flexibility index (Phi) is 3.88. The highest BCUT2D eigenvalue weighted by molar-refractivity contribution is 4.57. The molecule has 0 aliphatic carbocycles. The molecule has 2 atom stereocenters. The Hall–Kier alpha value is -0.0400. The summed E-state index contributed by atoms with van der Waals surface area (Å²) in [5.74, 6) is 0.801. The van der Waals surface area contributed by atoms with Gasteiger partial charge in [0.2, 0.25) is 0 Å². The van der Waals surface area contributed by atoms with Gasteiger partial charge in [-0.1, -0.05) is 20.3 Å². The lowest BCUT2D eigenvalue weighted by atomic mass is 10.0. The molecule has 0 aromatic rings. The molecule has 8 heavy (non-hydrogen) atoms. The van der Waals surface area contributed by atoms with E-state index < -0.39 is 0 Å². The molecule has 0 aromatic carbocycles. The molecule has 0 amide bonds. The maximum Gasteiger partial charge on any atom is 0.00130 e. The minimum absolute atomic E-state index is 0.380. The predicted molar refractivity (Wildman–Crippen MR) is 37.7 cm³/mol. The van der Waals surface area contributed by atoms with Crippen molar-refractivity contribution in [2.24, 2.45) is 11.7 Å². The molecule has 0 heterocycles. The van der Waals surface area contributed by atoms with Gasteiger partial charge in [-0.25, -0.2) is 0 Å². The molecule has 0 aliphatic heterocycles. The zero-order valence-corrected chi connectivity index (χ0v) is 6.15. The van der Waals surface area contributed by atoms with Crippen molar-refractivity contribution in [3.63, 3.8) is 0 Å². The zero-order valence-electron chi connectivity index (χ0n) is 6.15. The van der Waals surface area contributed by atoms with Crippen LogP contribution in [0.4, 0.5) is 0 Å². The summed E-state index contributed by atoms with van der Waals surface area (Å²) in [7, 11) is 0. The van der Waals surface area contributed by atoms with E-state index in [0.29, 0.717) is 6.04 Å². The first-order chi connectivity index (χ1) is 3.66. The average molecular weight is 115 g/mol. The van der Waals surface area contributed by atoms with Gasteiger partial charge in [0.05, 0.1) is 0 Å². The summed E-state index contributed by atoms with van der Waals surface area (Å²) < 4.78 is 0. The summed E-state index contributed by atoms with van der Waals surface area (Å²) in [4.78, 5) is 0. The molecule has 0 saturated heterocycles. The van der Waals surface area contributed by atoms with Gasteiger partial charge in [-0.05, 0) is 19.3 Å². The van der Waals surface area contributed by atoms with E-state index in [4.69, 9.17) is 5.73 Å². The Balaban J connectivity index is 3.10. The second-order valence-corrected chi connectivity index (χ2v) is 2.73. The van der Waals surface area contributed by atoms with Crippen molar-refractivity contribution in [1.82, 2.24) is 0 Å². The second kappa shape index (κ2) is 3.90. The summed E-state index contributed by atoms with van der Waals surface area (Å²) in [5, 5.41) is 0. The van der Waals surface area contributed by atoms with Crippen LogP contribution >= 0.6 is 0 Å². The Morgan fingerprint density at radius 2 is 1.88 bits per heavy atom. The molecular weight excluding hydrogens is 98.1 g/mol. The first kappa shape index (κ1) is 7.96. The maximum atomic E-state index is 5.57. The molecule has 0 unspecified atom stereocenters. The Bertz CT molecular complexity index is 50.3. The van der Waals surface area contributed by atoms with Crippen LogP contribution in [0.1, 0.15) is 33.6 Å². The fourth-order valence-corrected chi connectivity index (χ4v) is 0.801. The first-order valence-electron chi connectivity index (χ1n) is 3.42. The minimum Gasteiger partial charge on any atom is -0.328 e. The fraction of sp³-hybridized carbons (Fsp3) is 1.00. The van der Waals surface area contributed by atoms with Crippen LogP contribution in [-0.4, -0.2) is 6.04 Å². The van der Waals surface area contributed by atoms with E-state index in [2.05, 4.69) is 20.8 Å². The molecule has 0 aromatic heterocycles. The molecule has 0 saturated carbocycles. The van der Waals surface area contributed by atoms with Crippen molar-refractivity contribution in [2.45, 2.75) is 39.7 Å². The van der Waals surface area contributed by atoms with Crippen molar-refractivity contribution in [2.75, 3.05) is 0 Å². The van der Waals surface area contributed by atoms with Gasteiger partial charge in [0.15, 0.2) is 0 Å². The van der Waals surface area contributed by atoms with E-state index in [0.717, 1.165) is 12.3 Å². The van der Waals surface area contributed by atoms with Crippen molar-refractivity contribution < 1.29 is 0 Å². The quantitative estimate of drug-likeness (QED) is 0.596. The van der Waals surface area contributed by atoms with Crippen LogP contribution in [0, 0.1) is 5.92 Å².